The van der Waals surface area contributed by atoms with Gasteiger partial charge in [0.15, 0.2) is 0 Å². The molecule has 0 fully saturated rings. The molecule has 0 aliphatic heterocycles. The molecule has 3 aromatic rings. The van der Waals surface area contributed by atoms with Crippen LogP contribution in [0.3, 0.4) is 0 Å². The maximum atomic E-state index is 12.9. The monoisotopic (exact) mass is 318 g/mol. The fourth-order valence-electron chi connectivity index (χ4n) is 2.90. The summed E-state index contributed by atoms with van der Waals surface area (Å²) in [6, 6.07) is 9.75. The van der Waals surface area contributed by atoms with Crippen molar-refractivity contribution < 1.29 is 13.2 Å². The van der Waals surface area contributed by atoms with Crippen molar-refractivity contribution >= 4 is 11.0 Å². The summed E-state index contributed by atoms with van der Waals surface area (Å²) in [4.78, 5) is 4.48. The van der Waals surface area contributed by atoms with Gasteiger partial charge in [-0.15, -0.1) is 0 Å². The van der Waals surface area contributed by atoms with Crippen LogP contribution in [0.1, 0.15) is 23.6 Å². The summed E-state index contributed by atoms with van der Waals surface area (Å²) in [5, 5.41) is 0. The number of imidazole rings is 1. The molecule has 2 aromatic carbocycles. The Hall–Kier alpha value is -2.30. The van der Waals surface area contributed by atoms with Gasteiger partial charge in [-0.25, -0.2) is 4.98 Å². The van der Waals surface area contributed by atoms with Gasteiger partial charge in [-0.05, 0) is 44.5 Å². The molecule has 0 bridgehead atoms. The van der Waals surface area contributed by atoms with Crippen molar-refractivity contribution in [2.24, 2.45) is 0 Å². The zero-order chi connectivity index (χ0) is 16.8. The topological polar surface area (TPSA) is 17.8 Å². The molecule has 23 heavy (non-hydrogen) atoms. The van der Waals surface area contributed by atoms with Crippen LogP contribution < -0.4 is 0 Å². The van der Waals surface area contributed by atoms with Gasteiger partial charge < -0.3 is 4.57 Å². The van der Waals surface area contributed by atoms with Crippen molar-refractivity contribution in [3.8, 4) is 11.4 Å². The van der Waals surface area contributed by atoms with Gasteiger partial charge in [-0.1, -0.05) is 23.8 Å². The maximum absolute atomic E-state index is 12.9. The van der Waals surface area contributed by atoms with Crippen molar-refractivity contribution in [1.29, 1.82) is 0 Å². The van der Waals surface area contributed by atoms with Gasteiger partial charge >= 0.3 is 6.18 Å². The SMILES string of the molecule is CCn1c(-c2ccc(C)cc2C)nc2cc(C(F)(F)F)ccc21. The van der Waals surface area contributed by atoms with E-state index in [1.54, 1.807) is 0 Å². The van der Waals surface area contributed by atoms with Crippen LogP contribution in [0.5, 0.6) is 0 Å². The minimum Gasteiger partial charge on any atom is -0.324 e. The van der Waals surface area contributed by atoms with Crippen LogP contribution >= 0.6 is 0 Å². The Morgan fingerprint density at radius 3 is 2.39 bits per heavy atom. The predicted molar refractivity (Wildman–Crippen MR) is 85.3 cm³/mol. The third-order valence-corrected chi connectivity index (χ3v) is 4.01. The van der Waals surface area contributed by atoms with Crippen LogP contribution in [0.25, 0.3) is 22.4 Å². The molecule has 0 unspecified atom stereocenters. The summed E-state index contributed by atoms with van der Waals surface area (Å²) in [7, 11) is 0. The summed E-state index contributed by atoms with van der Waals surface area (Å²) in [6.45, 7) is 6.61. The average molecular weight is 318 g/mol. The van der Waals surface area contributed by atoms with Gasteiger partial charge in [-0.3, -0.25) is 0 Å². The number of halogens is 3. The van der Waals surface area contributed by atoms with Gasteiger partial charge in [0, 0.05) is 12.1 Å². The van der Waals surface area contributed by atoms with Crippen molar-refractivity contribution in [2.45, 2.75) is 33.5 Å². The summed E-state index contributed by atoms with van der Waals surface area (Å²) < 4.78 is 40.7. The Bertz CT molecular complexity index is 876. The van der Waals surface area contributed by atoms with E-state index in [0.717, 1.165) is 34.3 Å². The zero-order valence-corrected chi connectivity index (χ0v) is 13.2. The molecular formula is C18H17F3N2. The number of fused-ring (bicyclic) bond motifs is 1. The second-order valence-electron chi connectivity index (χ2n) is 5.70. The van der Waals surface area contributed by atoms with Gasteiger partial charge in [0.1, 0.15) is 5.82 Å². The molecule has 0 amide bonds. The van der Waals surface area contributed by atoms with Crippen molar-refractivity contribution in [3.63, 3.8) is 0 Å². The number of rotatable bonds is 2. The first-order valence-electron chi connectivity index (χ1n) is 7.46. The van der Waals surface area contributed by atoms with Gasteiger partial charge in [-0.2, -0.15) is 13.2 Å². The maximum Gasteiger partial charge on any atom is 0.416 e. The molecule has 2 nitrogen and oxygen atoms in total. The first-order chi connectivity index (χ1) is 10.8. The number of aryl methyl sites for hydroxylation is 3. The lowest BCUT2D eigenvalue weighted by atomic mass is 10.1. The number of benzene rings is 2. The zero-order valence-electron chi connectivity index (χ0n) is 13.2. The molecule has 1 heterocycles. The molecule has 0 saturated carbocycles. The second kappa shape index (κ2) is 5.41. The van der Waals surface area contributed by atoms with E-state index < -0.39 is 11.7 Å². The van der Waals surface area contributed by atoms with E-state index in [9.17, 15) is 13.2 Å². The summed E-state index contributed by atoms with van der Waals surface area (Å²) in [5.41, 5.74) is 3.57. The number of nitrogens with zero attached hydrogens (tertiary/aromatic N) is 2. The Kier molecular flexibility index (Phi) is 3.66. The van der Waals surface area contributed by atoms with Crippen LogP contribution in [0, 0.1) is 13.8 Å². The summed E-state index contributed by atoms with van der Waals surface area (Å²) >= 11 is 0. The quantitative estimate of drug-likeness (QED) is 0.622. The third kappa shape index (κ3) is 2.71. The number of aromatic nitrogens is 2. The van der Waals surface area contributed by atoms with Crippen LogP contribution in [-0.4, -0.2) is 9.55 Å². The standard InChI is InChI=1S/C18H17F3N2/c1-4-23-16-8-6-13(18(19,20)21)10-15(16)22-17(23)14-7-5-11(2)9-12(14)3/h5-10H,4H2,1-3H3. The van der Waals surface area contributed by atoms with Crippen LogP contribution in [-0.2, 0) is 12.7 Å². The fraction of sp³-hybridized carbons (Fsp3) is 0.278. The highest BCUT2D eigenvalue weighted by Gasteiger charge is 2.31. The molecule has 120 valence electrons. The lowest BCUT2D eigenvalue weighted by molar-refractivity contribution is -0.137. The Morgan fingerprint density at radius 1 is 1.04 bits per heavy atom. The summed E-state index contributed by atoms with van der Waals surface area (Å²) in [5.74, 6) is 0.708. The van der Waals surface area contributed by atoms with E-state index in [0.29, 0.717) is 17.9 Å². The lowest BCUT2D eigenvalue weighted by Gasteiger charge is -2.09. The first kappa shape index (κ1) is 15.6. The molecule has 0 aliphatic rings. The third-order valence-electron chi connectivity index (χ3n) is 4.01. The van der Waals surface area contributed by atoms with Gasteiger partial charge in [0.05, 0.1) is 16.6 Å². The van der Waals surface area contributed by atoms with Crippen molar-refractivity contribution in [3.05, 3.63) is 53.1 Å². The van der Waals surface area contributed by atoms with E-state index in [1.807, 2.05) is 37.5 Å². The number of alkyl halides is 3. The Balaban J connectivity index is 2.25. The van der Waals surface area contributed by atoms with Crippen molar-refractivity contribution in [2.75, 3.05) is 0 Å². The highest BCUT2D eigenvalue weighted by molar-refractivity contribution is 5.82. The molecule has 3 rings (SSSR count). The molecule has 0 atom stereocenters. The molecule has 0 saturated heterocycles. The van der Waals surface area contributed by atoms with E-state index in [4.69, 9.17) is 0 Å². The molecular weight excluding hydrogens is 301 g/mol. The normalized spacial score (nSPS) is 12.1. The largest absolute Gasteiger partial charge is 0.416 e. The Labute approximate surface area is 132 Å². The number of hydrogen-bond donors (Lipinski definition) is 0. The minimum absolute atomic E-state index is 0.372. The molecule has 0 spiro atoms. The first-order valence-corrected chi connectivity index (χ1v) is 7.46. The second-order valence-corrected chi connectivity index (χ2v) is 5.70. The molecule has 5 heteroatoms. The highest BCUT2D eigenvalue weighted by Crippen LogP contribution is 2.33. The average Bonchev–Trinajstić information content (AvgIpc) is 2.83. The number of hydrogen-bond acceptors (Lipinski definition) is 1. The summed E-state index contributed by atoms with van der Waals surface area (Å²) in [6.07, 6.45) is -4.36. The van der Waals surface area contributed by atoms with Crippen LogP contribution in [0.4, 0.5) is 13.2 Å². The smallest absolute Gasteiger partial charge is 0.324 e. The fourth-order valence-corrected chi connectivity index (χ4v) is 2.90. The van der Waals surface area contributed by atoms with Crippen LogP contribution in [0.15, 0.2) is 36.4 Å². The molecule has 0 N–H and O–H groups in total. The van der Waals surface area contributed by atoms with E-state index in [2.05, 4.69) is 11.1 Å². The van der Waals surface area contributed by atoms with Crippen molar-refractivity contribution in [1.82, 2.24) is 9.55 Å². The van der Waals surface area contributed by atoms with E-state index >= 15 is 0 Å². The Morgan fingerprint density at radius 2 is 1.78 bits per heavy atom. The van der Waals surface area contributed by atoms with Gasteiger partial charge in [0.25, 0.3) is 0 Å². The van der Waals surface area contributed by atoms with E-state index in [1.165, 1.54) is 6.07 Å². The molecule has 0 aliphatic carbocycles. The minimum atomic E-state index is -4.36. The van der Waals surface area contributed by atoms with E-state index in [-0.39, 0.29) is 0 Å². The van der Waals surface area contributed by atoms with Crippen LogP contribution in [0.2, 0.25) is 0 Å². The van der Waals surface area contributed by atoms with Gasteiger partial charge in [0.2, 0.25) is 0 Å². The molecule has 1 aromatic heterocycles. The predicted octanol–water partition coefficient (Wildman–Crippen LogP) is 5.36. The highest BCUT2D eigenvalue weighted by atomic mass is 19.4. The molecule has 0 radical (unpaired) electrons. The lowest BCUT2D eigenvalue weighted by Crippen LogP contribution is -2.04.